The Kier molecular flexibility index (Phi) is 6.16. The summed E-state index contributed by atoms with van der Waals surface area (Å²) < 4.78 is 27.0. The first-order valence-electron chi connectivity index (χ1n) is 8.61. The number of rotatable bonds is 6. The third-order valence-electron chi connectivity index (χ3n) is 4.30. The highest BCUT2D eigenvalue weighted by atomic mass is 35.5. The van der Waals surface area contributed by atoms with Crippen LogP contribution in [-0.2, 0) is 10.0 Å². The molecule has 0 radical (unpaired) electrons. The van der Waals surface area contributed by atoms with Crippen LogP contribution in [0.25, 0.3) is 0 Å². The third kappa shape index (κ3) is 4.55. The molecule has 0 aliphatic rings. The maximum absolute atomic E-state index is 12.9. The largest absolute Gasteiger partial charge is 0.378 e. The maximum atomic E-state index is 12.9. The van der Waals surface area contributed by atoms with E-state index < -0.39 is 10.0 Å². The second-order valence-corrected chi connectivity index (χ2v) is 9.78. The molecule has 152 valence electrons. The maximum Gasteiger partial charge on any atom is 0.267 e. The lowest BCUT2D eigenvalue weighted by Gasteiger charge is -2.20. The summed E-state index contributed by atoms with van der Waals surface area (Å²) in [5, 5.41) is 4.95. The Hall–Kier alpha value is -2.55. The number of amides is 1. The second kappa shape index (κ2) is 8.44. The Morgan fingerprint density at radius 3 is 2.17 bits per heavy atom. The minimum absolute atomic E-state index is 0.0984. The molecule has 6 nitrogen and oxygen atoms in total. The fraction of sp³-hybridized carbons (Fsp3) is 0.150. The molecule has 3 rings (SSSR count). The summed E-state index contributed by atoms with van der Waals surface area (Å²) in [6.07, 6.45) is 0. The van der Waals surface area contributed by atoms with Crippen molar-refractivity contribution in [3.63, 3.8) is 0 Å². The number of carbonyl (C=O) groups excluding carboxylic acids is 1. The smallest absolute Gasteiger partial charge is 0.267 e. The van der Waals surface area contributed by atoms with Gasteiger partial charge in [-0.2, -0.15) is 0 Å². The van der Waals surface area contributed by atoms with Gasteiger partial charge in [-0.3, -0.25) is 9.10 Å². The quantitative estimate of drug-likeness (QED) is 0.599. The first kappa shape index (κ1) is 21.2. The van der Waals surface area contributed by atoms with Crippen LogP contribution in [0.2, 0.25) is 5.02 Å². The van der Waals surface area contributed by atoms with Crippen molar-refractivity contribution in [3.8, 4) is 0 Å². The van der Waals surface area contributed by atoms with Gasteiger partial charge in [0.1, 0.15) is 4.88 Å². The van der Waals surface area contributed by atoms with Crippen molar-refractivity contribution in [3.05, 3.63) is 69.9 Å². The highest BCUT2D eigenvalue weighted by molar-refractivity contribution is 7.92. The van der Waals surface area contributed by atoms with Crippen molar-refractivity contribution in [1.82, 2.24) is 0 Å². The van der Waals surface area contributed by atoms with E-state index in [4.69, 9.17) is 11.6 Å². The molecule has 9 heteroatoms. The van der Waals surface area contributed by atoms with Gasteiger partial charge in [-0.1, -0.05) is 11.6 Å². The van der Waals surface area contributed by atoms with Crippen molar-refractivity contribution in [2.24, 2.45) is 0 Å². The average Bonchev–Trinajstić information content (AvgIpc) is 3.18. The molecule has 0 fully saturated rings. The monoisotopic (exact) mass is 449 g/mol. The minimum Gasteiger partial charge on any atom is -0.378 e. The third-order valence-corrected chi connectivity index (χ3v) is 7.24. The normalized spacial score (nSPS) is 11.2. The number of hydrogen-bond donors (Lipinski definition) is 1. The summed E-state index contributed by atoms with van der Waals surface area (Å²) in [6, 6.07) is 14.9. The van der Waals surface area contributed by atoms with Gasteiger partial charge in [0.2, 0.25) is 0 Å². The molecule has 0 saturated carbocycles. The van der Waals surface area contributed by atoms with Crippen LogP contribution in [0, 0.1) is 0 Å². The van der Waals surface area contributed by atoms with Crippen LogP contribution in [-0.4, -0.2) is 35.5 Å². The fourth-order valence-corrected chi connectivity index (χ4v) is 4.85. The molecule has 1 amide bonds. The first-order chi connectivity index (χ1) is 13.7. The van der Waals surface area contributed by atoms with Crippen LogP contribution < -0.4 is 14.5 Å². The van der Waals surface area contributed by atoms with Gasteiger partial charge in [-0.15, -0.1) is 11.3 Å². The van der Waals surface area contributed by atoms with E-state index in [1.807, 2.05) is 31.1 Å². The van der Waals surface area contributed by atoms with E-state index in [1.54, 1.807) is 23.6 Å². The van der Waals surface area contributed by atoms with Gasteiger partial charge in [0.15, 0.2) is 0 Å². The number of benzene rings is 2. The standard InChI is InChI=1S/C20H20ClN3O3S2/c1-23(2)16-8-6-15(7-9-16)22-20(25)19-18(12-13-28-19)24(3)29(26,27)17-10-4-14(21)5-11-17/h4-13H,1-3H3,(H,22,25). The van der Waals surface area contributed by atoms with Crippen molar-refractivity contribution in [2.75, 3.05) is 35.7 Å². The lowest BCUT2D eigenvalue weighted by Crippen LogP contribution is -2.28. The highest BCUT2D eigenvalue weighted by Crippen LogP contribution is 2.31. The Morgan fingerprint density at radius 2 is 1.59 bits per heavy atom. The molecule has 1 aromatic heterocycles. The SMILES string of the molecule is CN(C)c1ccc(NC(=O)c2sccc2N(C)S(=O)(=O)c2ccc(Cl)cc2)cc1. The summed E-state index contributed by atoms with van der Waals surface area (Å²) in [5.74, 6) is -0.370. The molecule has 0 bridgehead atoms. The number of halogens is 1. The van der Waals surface area contributed by atoms with Crippen LogP contribution in [0.3, 0.4) is 0 Å². The number of nitrogens with one attached hydrogen (secondary N) is 1. The summed E-state index contributed by atoms with van der Waals surface area (Å²) in [7, 11) is 1.46. The van der Waals surface area contributed by atoms with Crippen molar-refractivity contribution >= 4 is 55.9 Å². The van der Waals surface area contributed by atoms with Crippen molar-refractivity contribution in [2.45, 2.75) is 4.90 Å². The van der Waals surface area contributed by atoms with Gasteiger partial charge < -0.3 is 10.2 Å². The molecular weight excluding hydrogens is 430 g/mol. The summed E-state index contributed by atoms with van der Waals surface area (Å²) >= 11 is 7.03. The zero-order chi connectivity index (χ0) is 21.2. The number of hydrogen-bond acceptors (Lipinski definition) is 5. The lowest BCUT2D eigenvalue weighted by atomic mass is 10.2. The molecule has 0 atom stereocenters. The lowest BCUT2D eigenvalue weighted by molar-refractivity contribution is 0.103. The van der Waals surface area contributed by atoms with E-state index in [0.29, 0.717) is 21.3 Å². The van der Waals surface area contributed by atoms with E-state index in [2.05, 4.69) is 5.32 Å². The molecule has 29 heavy (non-hydrogen) atoms. The number of anilines is 3. The Morgan fingerprint density at radius 1 is 0.966 bits per heavy atom. The average molecular weight is 450 g/mol. The molecule has 0 aliphatic carbocycles. The van der Waals surface area contributed by atoms with Gasteiger partial charge in [-0.05, 0) is 60.0 Å². The molecule has 1 heterocycles. The summed E-state index contributed by atoms with van der Waals surface area (Å²) in [4.78, 5) is 15.1. The van der Waals surface area contributed by atoms with Crippen molar-refractivity contribution in [1.29, 1.82) is 0 Å². The highest BCUT2D eigenvalue weighted by Gasteiger charge is 2.26. The van der Waals surface area contributed by atoms with Gasteiger partial charge in [0.25, 0.3) is 15.9 Å². The van der Waals surface area contributed by atoms with Crippen molar-refractivity contribution < 1.29 is 13.2 Å². The molecule has 0 unspecified atom stereocenters. The topological polar surface area (TPSA) is 69.7 Å². The van der Waals surface area contributed by atoms with E-state index in [9.17, 15) is 13.2 Å². The Bertz CT molecular complexity index is 1110. The molecule has 0 aliphatic heterocycles. The number of thiophene rings is 1. The molecule has 1 N–H and O–H groups in total. The summed E-state index contributed by atoms with van der Waals surface area (Å²) in [5.41, 5.74) is 1.95. The molecule has 0 spiro atoms. The van der Waals surface area contributed by atoms with Crippen LogP contribution >= 0.6 is 22.9 Å². The zero-order valence-corrected chi connectivity index (χ0v) is 18.5. The Labute approximate surface area is 179 Å². The Balaban J connectivity index is 1.84. The number of nitrogens with zero attached hydrogens (tertiary/aromatic N) is 2. The predicted molar refractivity (Wildman–Crippen MR) is 120 cm³/mol. The van der Waals surface area contributed by atoms with E-state index >= 15 is 0 Å². The van der Waals surface area contributed by atoms with E-state index in [1.165, 1.54) is 42.6 Å². The van der Waals surface area contributed by atoms with E-state index in [0.717, 1.165) is 9.99 Å². The second-order valence-electron chi connectivity index (χ2n) is 6.46. The first-order valence-corrected chi connectivity index (χ1v) is 11.3. The van der Waals surface area contributed by atoms with Crippen LogP contribution in [0.15, 0.2) is 64.9 Å². The minimum atomic E-state index is -3.83. The number of carbonyl (C=O) groups is 1. The zero-order valence-electron chi connectivity index (χ0n) is 16.1. The number of sulfonamides is 1. The molecular formula is C20H20ClN3O3S2. The van der Waals surface area contributed by atoms with Gasteiger partial charge in [-0.25, -0.2) is 8.42 Å². The van der Waals surface area contributed by atoms with Gasteiger partial charge in [0.05, 0.1) is 10.6 Å². The molecule has 0 saturated heterocycles. The van der Waals surface area contributed by atoms with Gasteiger partial charge >= 0.3 is 0 Å². The van der Waals surface area contributed by atoms with Crippen LogP contribution in [0.4, 0.5) is 17.1 Å². The predicted octanol–water partition coefficient (Wildman–Crippen LogP) is 4.54. The van der Waals surface area contributed by atoms with Crippen LogP contribution in [0.1, 0.15) is 9.67 Å². The van der Waals surface area contributed by atoms with Gasteiger partial charge in [0, 0.05) is 37.5 Å². The fourth-order valence-electron chi connectivity index (χ4n) is 2.65. The molecule has 3 aromatic rings. The van der Waals surface area contributed by atoms with Crippen LogP contribution in [0.5, 0.6) is 0 Å². The summed E-state index contributed by atoms with van der Waals surface area (Å²) in [6.45, 7) is 0. The molecule has 2 aromatic carbocycles. The van der Waals surface area contributed by atoms with E-state index in [-0.39, 0.29) is 10.8 Å².